The molecule has 0 aromatic heterocycles. The van der Waals surface area contributed by atoms with Gasteiger partial charge in [-0.15, -0.1) is 0 Å². The molecule has 0 heterocycles. The molecular weight excluding hydrogens is 248 g/mol. The zero-order valence-corrected chi connectivity index (χ0v) is 12.6. The Balaban J connectivity index is 1.77. The standard InChI is InChI=1S/C17H26N2O/c1-11-3-6-17(20-2)15(7-11)16(19-18)10-14-9-12-4-5-13(14)8-12/h3,6-7,12-14,16,19H,4-5,8-10,18H2,1-2H3. The molecule has 2 aliphatic carbocycles. The summed E-state index contributed by atoms with van der Waals surface area (Å²) in [5.74, 6) is 9.55. The summed E-state index contributed by atoms with van der Waals surface area (Å²) < 4.78 is 5.51. The summed E-state index contributed by atoms with van der Waals surface area (Å²) in [6.45, 7) is 2.12. The summed E-state index contributed by atoms with van der Waals surface area (Å²) in [5.41, 5.74) is 5.49. The van der Waals surface area contributed by atoms with Gasteiger partial charge in [0.15, 0.2) is 0 Å². The number of methoxy groups -OCH3 is 1. The lowest BCUT2D eigenvalue weighted by Gasteiger charge is -2.27. The lowest BCUT2D eigenvalue weighted by molar-refractivity contribution is 0.276. The highest BCUT2D eigenvalue weighted by molar-refractivity contribution is 5.39. The smallest absolute Gasteiger partial charge is 0.123 e. The van der Waals surface area contributed by atoms with Gasteiger partial charge in [0, 0.05) is 11.6 Å². The maximum absolute atomic E-state index is 5.85. The first-order valence-electron chi connectivity index (χ1n) is 7.82. The van der Waals surface area contributed by atoms with E-state index in [0.717, 1.165) is 29.9 Å². The first kappa shape index (κ1) is 13.9. The van der Waals surface area contributed by atoms with Crippen LogP contribution in [0.5, 0.6) is 5.75 Å². The van der Waals surface area contributed by atoms with Gasteiger partial charge in [0.2, 0.25) is 0 Å². The average molecular weight is 274 g/mol. The Kier molecular flexibility index (Phi) is 3.99. The fourth-order valence-electron chi connectivity index (χ4n) is 4.38. The molecule has 0 spiro atoms. The van der Waals surface area contributed by atoms with Crippen molar-refractivity contribution in [1.82, 2.24) is 5.43 Å². The summed E-state index contributed by atoms with van der Waals surface area (Å²) >= 11 is 0. The van der Waals surface area contributed by atoms with E-state index in [0.29, 0.717) is 0 Å². The van der Waals surface area contributed by atoms with Crippen LogP contribution in [0.25, 0.3) is 0 Å². The number of rotatable bonds is 5. The van der Waals surface area contributed by atoms with Gasteiger partial charge in [-0.3, -0.25) is 11.3 Å². The summed E-state index contributed by atoms with van der Waals surface area (Å²) in [4.78, 5) is 0. The zero-order chi connectivity index (χ0) is 14.1. The molecule has 3 heteroatoms. The van der Waals surface area contributed by atoms with Crippen molar-refractivity contribution >= 4 is 0 Å². The normalized spacial score (nSPS) is 29.6. The minimum absolute atomic E-state index is 0.203. The van der Waals surface area contributed by atoms with E-state index in [4.69, 9.17) is 10.6 Å². The molecule has 1 aromatic rings. The van der Waals surface area contributed by atoms with Crippen LogP contribution < -0.4 is 16.0 Å². The maximum Gasteiger partial charge on any atom is 0.123 e. The number of aryl methyl sites for hydroxylation is 1. The average Bonchev–Trinajstić information content (AvgIpc) is 3.07. The molecule has 0 amide bonds. The largest absolute Gasteiger partial charge is 0.496 e. The van der Waals surface area contributed by atoms with Crippen LogP contribution in [0, 0.1) is 24.7 Å². The van der Waals surface area contributed by atoms with E-state index in [1.54, 1.807) is 7.11 Å². The molecule has 4 atom stereocenters. The van der Waals surface area contributed by atoms with Crippen LogP contribution in [0.2, 0.25) is 0 Å². The summed E-state index contributed by atoms with van der Waals surface area (Å²) in [7, 11) is 1.74. The second-order valence-corrected chi connectivity index (χ2v) is 6.64. The predicted molar refractivity (Wildman–Crippen MR) is 81.4 cm³/mol. The molecule has 2 aliphatic rings. The minimum atomic E-state index is 0.203. The molecule has 0 saturated heterocycles. The Labute approximate surface area is 121 Å². The van der Waals surface area contributed by atoms with Crippen molar-refractivity contribution in [3.63, 3.8) is 0 Å². The van der Waals surface area contributed by atoms with Crippen LogP contribution in [0.3, 0.4) is 0 Å². The number of hydrogen-bond donors (Lipinski definition) is 2. The summed E-state index contributed by atoms with van der Waals surface area (Å²) in [5, 5.41) is 0. The number of nitrogens with one attached hydrogen (secondary N) is 1. The highest BCUT2D eigenvalue weighted by Gasteiger charge is 2.40. The molecule has 20 heavy (non-hydrogen) atoms. The quantitative estimate of drug-likeness (QED) is 0.639. The zero-order valence-electron chi connectivity index (χ0n) is 12.6. The number of nitrogens with two attached hydrogens (primary N) is 1. The molecule has 0 radical (unpaired) electrons. The van der Waals surface area contributed by atoms with Crippen LogP contribution in [-0.2, 0) is 0 Å². The third kappa shape index (κ3) is 2.57. The third-order valence-corrected chi connectivity index (χ3v) is 5.38. The topological polar surface area (TPSA) is 47.3 Å². The summed E-state index contributed by atoms with van der Waals surface area (Å²) in [6, 6.07) is 6.55. The van der Waals surface area contributed by atoms with Gasteiger partial charge >= 0.3 is 0 Å². The van der Waals surface area contributed by atoms with Crippen molar-refractivity contribution in [2.75, 3.05) is 7.11 Å². The van der Waals surface area contributed by atoms with Crippen LogP contribution >= 0.6 is 0 Å². The highest BCUT2D eigenvalue weighted by atomic mass is 16.5. The molecule has 2 saturated carbocycles. The molecule has 110 valence electrons. The van der Waals surface area contributed by atoms with Gasteiger partial charge in [-0.2, -0.15) is 0 Å². The molecule has 3 N–H and O–H groups in total. The first-order valence-corrected chi connectivity index (χ1v) is 7.82. The SMILES string of the molecule is COc1ccc(C)cc1C(CC1CC2CCC1C2)NN. The monoisotopic (exact) mass is 274 g/mol. The molecule has 0 aliphatic heterocycles. The Bertz CT molecular complexity index is 474. The Morgan fingerprint density at radius 3 is 2.80 bits per heavy atom. The van der Waals surface area contributed by atoms with E-state index < -0.39 is 0 Å². The fourth-order valence-corrected chi connectivity index (χ4v) is 4.38. The highest BCUT2D eigenvalue weighted by Crippen LogP contribution is 2.51. The number of ether oxygens (including phenoxy) is 1. The molecule has 3 rings (SSSR count). The van der Waals surface area contributed by atoms with Crippen LogP contribution in [0.4, 0.5) is 0 Å². The van der Waals surface area contributed by atoms with Gasteiger partial charge in [-0.05, 0) is 56.4 Å². The number of fused-ring (bicyclic) bond motifs is 2. The molecule has 2 bridgehead atoms. The van der Waals surface area contributed by atoms with Crippen molar-refractivity contribution < 1.29 is 4.74 Å². The van der Waals surface area contributed by atoms with Gasteiger partial charge in [0.05, 0.1) is 7.11 Å². The molecule has 4 unspecified atom stereocenters. The van der Waals surface area contributed by atoms with E-state index >= 15 is 0 Å². The van der Waals surface area contributed by atoms with E-state index in [-0.39, 0.29) is 6.04 Å². The van der Waals surface area contributed by atoms with Crippen molar-refractivity contribution in [3.8, 4) is 5.75 Å². The number of benzene rings is 1. The van der Waals surface area contributed by atoms with Gasteiger partial charge in [0.1, 0.15) is 5.75 Å². The Hall–Kier alpha value is -1.06. The Morgan fingerprint density at radius 1 is 1.35 bits per heavy atom. The Morgan fingerprint density at radius 2 is 2.20 bits per heavy atom. The van der Waals surface area contributed by atoms with Gasteiger partial charge in [-0.25, -0.2) is 0 Å². The fraction of sp³-hybridized carbons (Fsp3) is 0.647. The second kappa shape index (κ2) is 5.74. The van der Waals surface area contributed by atoms with Crippen molar-refractivity contribution in [1.29, 1.82) is 0 Å². The third-order valence-electron chi connectivity index (χ3n) is 5.38. The van der Waals surface area contributed by atoms with Gasteiger partial charge in [-0.1, -0.05) is 24.1 Å². The van der Waals surface area contributed by atoms with Crippen molar-refractivity contribution in [2.45, 2.75) is 45.1 Å². The minimum Gasteiger partial charge on any atom is -0.496 e. The maximum atomic E-state index is 5.85. The van der Waals surface area contributed by atoms with E-state index in [2.05, 4.69) is 30.5 Å². The second-order valence-electron chi connectivity index (χ2n) is 6.64. The van der Waals surface area contributed by atoms with Gasteiger partial charge < -0.3 is 4.74 Å². The molecular formula is C17H26N2O. The van der Waals surface area contributed by atoms with Crippen LogP contribution in [0.15, 0.2) is 18.2 Å². The number of hydrogen-bond acceptors (Lipinski definition) is 3. The lowest BCUT2D eigenvalue weighted by Crippen LogP contribution is -2.31. The van der Waals surface area contributed by atoms with Crippen molar-refractivity contribution in [3.05, 3.63) is 29.3 Å². The van der Waals surface area contributed by atoms with E-state index in [9.17, 15) is 0 Å². The van der Waals surface area contributed by atoms with E-state index in [1.807, 2.05) is 0 Å². The molecule has 2 fully saturated rings. The lowest BCUT2D eigenvalue weighted by atomic mass is 9.82. The molecule has 3 nitrogen and oxygen atoms in total. The first-order chi connectivity index (χ1) is 9.71. The summed E-state index contributed by atoms with van der Waals surface area (Å²) in [6.07, 6.45) is 6.87. The predicted octanol–water partition coefficient (Wildman–Crippen LogP) is 3.33. The molecule has 1 aromatic carbocycles. The van der Waals surface area contributed by atoms with Crippen LogP contribution in [0.1, 0.15) is 49.3 Å². The van der Waals surface area contributed by atoms with Crippen LogP contribution in [-0.4, -0.2) is 7.11 Å². The number of hydrazine groups is 1. The van der Waals surface area contributed by atoms with E-state index in [1.165, 1.54) is 36.8 Å². The van der Waals surface area contributed by atoms with Gasteiger partial charge in [0.25, 0.3) is 0 Å². The van der Waals surface area contributed by atoms with Crippen molar-refractivity contribution in [2.24, 2.45) is 23.6 Å².